The van der Waals surface area contributed by atoms with Gasteiger partial charge in [0, 0.05) is 13.5 Å². The Morgan fingerprint density at radius 1 is 0.708 bits per heavy atom. The summed E-state index contributed by atoms with van der Waals surface area (Å²) >= 11 is 0. The van der Waals surface area contributed by atoms with E-state index in [9.17, 15) is 0 Å². The molecule has 0 fully saturated rings. The minimum atomic E-state index is -0.276. The largest absolute Gasteiger partial charge is 0.488 e. The van der Waals surface area contributed by atoms with Crippen LogP contribution in [0.3, 0.4) is 0 Å². The van der Waals surface area contributed by atoms with E-state index in [1.165, 1.54) is 5.56 Å². The molecule has 0 bridgehead atoms. The molecule has 1 rings (SSSR count). The van der Waals surface area contributed by atoms with Crippen LogP contribution in [-0.2, 0) is 10.2 Å². The Hall–Kier alpha value is -1.02. The zero-order valence-electron chi connectivity index (χ0n) is 17.5. The van der Waals surface area contributed by atoms with Crippen LogP contribution < -0.4 is 4.74 Å². The first kappa shape index (κ1) is 21.0. The van der Waals surface area contributed by atoms with Gasteiger partial charge in [-0.1, -0.05) is 46.8 Å². The van der Waals surface area contributed by atoms with Gasteiger partial charge in [-0.15, -0.1) is 0 Å². The van der Waals surface area contributed by atoms with Crippen molar-refractivity contribution in [3.05, 3.63) is 29.8 Å². The third kappa shape index (κ3) is 6.84. The van der Waals surface area contributed by atoms with Crippen molar-refractivity contribution in [3.63, 3.8) is 0 Å². The molecular weight excluding hydrogens is 296 g/mol. The Morgan fingerprint density at radius 2 is 1.21 bits per heavy atom. The van der Waals surface area contributed by atoms with Gasteiger partial charge in [0.05, 0.1) is 5.60 Å². The summed E-state index contributed by atoms with van der Waals surface area (Å²) in [6.07, 6.45) is 1.97. The fourth-order valence-corrected chi connectivity index (χ4v) is 3.85. The van der Waals surface area contributed by atoms with Crippen molar-refractivity contribution in [1.82, 2.24) is 0 Å². The van der Waals surface area contributed by atoms with Crippen molar-refractivity contribution in [2.24, 2.45) is 5.41 Å². The summed E-state index contributed by atoms with van der Waals surface area (Å²) in [6, 6.07) is 8.61. The highest BCUT2D eigenvalue weighted by atomic mass is 16.5. The monoisotopic (exact) mass is 334 g/mol. The fourth-order valence-electron chi connectivity index (χ4n) is 3.85. The van der Waals surface area contributed by atoms with Gasteiger partial charge in [-0.25, -0.2) is 0 Å². The Kier molecular flexibility index (Phi) is 6.20. The molecule has 0 radical (unpaired) electrons. The zero-order chi connectivity index (χ0) is 18.8. The second-order valence-corrected chi connectivity index (χ2v) is 10.1. The second-order valence-electron chi connectivity index (χ2n) is 10.1. The van der Waals surface area contributed by atoms with Crippen LogP contribution in [0.25, 0.3) is 0 Å². The first-order valence-electron chi connectivity index (χ1n) is 9.01. The summed E-state index contributed by atoms with van der Waals surface area (Å²) in [5.41, 5.74) is 1.36. The number of hydrogen-bond acceptors (Lipinski definition) is 2. The number of benzene rings is 1. The van der Waals surface area contributed by atoms with Crippen molar-refractivity contribution >= 4 is 0 Å². The van der Waals surface area contributed by atoms with Gasteiger partial charge in [-0.2, -0.15) is 0 Å². The molecule has 24 heavy (non-hydrogen) atoms. The van der Waals surface area contributed by atoms with E-state index in [0.29, 0.717) is 5.41 Å². The highest BCUT2D eigenvalue weighted by Gasteiger charge is 2.31. The Morgan fingerprint density at radius 3 is 1.62 bits per heavy atom. The second kappa shape index (κ2) is 7.07. The van der Waals surface area contributed by atoms with E-state index in [-0.39, 0.29) is 16.6 Å². The van der Waals surface area contributed by atoms with E-state index in [1.54, 1.807) is 7.11 Å². The van der Waals surface area contributed by atoms with E-state index in [0.717, 1.165) is 18.6 Å². The Bertz CT molecular complexity index is 516. The zero-order valence-corrected chi connectivity index (χ0v) is 17.5. The van der Waals surface area contributed by atoms with Gasteiger partial charge in [0.1, 0.15) is 11.4 Å². The highest BCUT2D eigenvalue weighted by molar-refractivity contribution is 5.32. The standard InChI is InChI=1S/C22H38O2/c1-19(2,3)15-20(4,5)17-11-13-18(14-12-17)24-22(8,9)16-21(6,7)23-10/h11-14H,15-16H2,1-10H3. The lowest BCUT2D eigenvalue weighted by Crippen LogP contribution is -2.38. The number of ether oxygens (including phenoxy) is 2. The minimum Gasteiger partial charge on any atom is -0.488 e. The first-order chi connectivity index (χ1) is 10.7. The molecule has 0 aliphatic rings. The molecule has 0 atom stereocenters. The van der Waals surface area contributed by atoms with E-state index in [4.69, 9.17) is 9.47 Å². The molecule has 2 nitrogen and oxygen atoms in total. The van der Waals surface area contributed by atoms with Gasteiger partial charge < -0.3 is 9.47 Å². The van der Waals surface area contributed by atoms with E-state index in [1.807, 2.05) is 0 Å². The maximum absolute atomic E-state index is 6.23. The van der Waals surface area contributed by atoms with Gasteiger partial charge in [0.2, 0.25) is 0 Å². The van der Waals surface area contributed by atoms with Crippen LogP contribution in [0.5, 0.6) is 5.75 Å². The van der Waals surface area contributed by atoms with Crippen LogP contribution in [0, 0.1) is 5.41 Å². The first-order valence-corrected chi connectivity index (χ1v) is 9.01. The molecule has 1 aromatic carbocycles. The molecule has 1 aromatic rings. The van der Waals surface area contributed by atoms with Crippen molar-refractivity contribution in [3.8, 4) is 5.75 Å². The fraction of sp³-hybridized carbons (Fsp3) is 0.727. The molecule has 0 spiro atoms. The lowest BCUT2D eigenvalue weighted by Gasteiger charge is -2.35. The molecule has 0 aromatic heterocycles. The molecular formula is C22H38O2. The van der Waals surface area contributed by atoms with Crippen molar-refractivity contribution in [2.75, 3.05) is 7.11 Å². The van der Waals surface area contributed by atoms with E-state index >= 15 is 0 Å². The molecule has 2 heteroatoms. The average Bonchev–Trinajstić information content (AvgIpc) is 2.34. The number of methoxy groups -OCH3 is 1. The molecule has 138 valence electrons. The lowest BCUT2D eigenvalue weighted by molar-refractivity contribution is -0.0402. The molecule has 0 aliphatic heterocycles. The average molecular weight is 335 g/mol. The Labute approximate surface area is 149 Å². The van der Waals surface area contributed by atoms with Crippen LogP contribution >= 0.6 is 0 Å². The van der Waals surface area contributed by atoms with Crippen LogP contribution in [0.4, 0.5) is 0 Å². The predicted octanol–water partition coefficient (Wildman–Crippen LogP) is 6.37. The Balaban J connectivity index is 2.84. The third-order valence-corrected chi connectivity index (χ3v) is 4.41. The predicted molar refractivity (Wildman–Crippen MR) is 104 cm³/mol. The maximum Gasteiger partial charge on any atom is 0.120 e. The topological polar surface area (TPSA) is 18.5 Å². The van der Waals surface area contributed by atoms with Gasteiger partial charge in [0.25, 0.3) is 0 Å². The molecule has 0 saturated heterocycles. The minimum absolute atomic E-state index is 0.157. The van der Waals surface area contributed by atoms with Crippen LogP contribution in [-0.4, -0.2) is 18.3 Å². The molecule has 0 N–H and O–H groups in total. The van der Waals surface area contributed by atoms with E-state index < -0.39 is 0 Å². The van der Waals surface area contributed by atoms with Crippen LogP contribution in [0.1, 0.15) is 80.7 Å². The summed E-state index contributed by atoms with van der Waals surface area (Å²) < 4.78 is 11.8. The van der Waals surface area contributed by atoms with Crippen LogP contribution in [0.15, 0.2) is 24.3 Å². The normalized spacial score (nSPS) is 13.9. The smallest absolute Gasteiger partial charge is 0.120 e. The van der Waals surface area contributed by atoms with Crippen molar-refractivity contribution in [1.29, 1.82) is 0 Å². The third-order valence-electron chi connectivity index (χ3n) is 4.41. The van der Waals surface area contributed by atoms with Gasteiger partial charge in [-0.3, -0.25) is 0 Å². The quantitative estimate of drug-likeness (QED) is 0.576. The molecule has 0 amide bonds. The van der Waals surface area contributed by atoms with Gasteiger partial charge >= 0.3 is 0 Å². The molecule has 0 heterocycles. The summed E-state index contributed by atoms with van der Waals surface area (Å²) in [7, 11) is 1.75. The highest BCUT2D eigenvalue weighted by Crippen LogP contribution is 2.37. The van der Waals surface area contributed by atoms with E-state index in [2.05, 4.69) is 86.6 Å². The van der Waals surface area contributed by atoms with Crippen LogP contribution in [0.2, 0.25) is 0 Å². The van der Waals surface area contributed by atoms with Gasteiger partial charge in [0.15, 0.2) is 0 Å². The summed E-state index contributed by atoms with van der Waals surface area (Å²) in [5.74, 6) is 0.919. The lowest BCUT2D eigenvalue weighted by atomic mass is 9.72. The number of rotatable bonds is 7. The molecule has 0 unspecified atom stereocenters. The molecule has 0 aliphatic carbocycles. The number of hydrogen-bond donors (Lipinski definition) is 0. The van der Waals surface area contributed by atoms with Crippen molar-refractivity contribution < 1.29 is 9.47 Å². The van der Waals surface area contributed by atoms with Crippen molar-refractivity contribution in [2.45, 2.75) is 91.8 Å². The SMILES string of the molecule is COC(C)(C)CC(C)(C)Oc1ccc(C(C)(C)CC(C)(C)C)cc1. The summed E-state index contributed by atoms with van der Waals surface area (Å²) in [5, 5.41) is 0. The molecule has 0 saturated carbocycles. The maximum atomic E-state index is 6.23. The van der Waals surface area contributed by atoms with Gasteiger partial charge in [-0.05, 0) is 62.6 Å². The summed E-state index contributed by atoms with van der Waals surface area (Å²) in [6.45, 7) is 20.0. The summed E-state index contributed by atoms with van der Waals surface area (Å²) in [4.78, 5) is 0.